The molecule has 0 aliphatic carbocycles. The zero-order valence-corrected chi connectivity index (χ0v) is 7.89. The number of hydrogen-bond acceptors (Lipinski definition) is 4. The summed E-state index contributed by atoms with van der Waals surface area (Å²) in [6.45, 7) is 5.80. The first kappa shape index (κ1) is 11.1. The molecule has 0 aromatic carbocycles. The number of hydrogen-bond donors (Lipinski definition) is 0. The first-order chi connectivity index (χ1) is 4.71. The van der Waals surface area contributed by atoms with Gasteiger partial charge in [-0.3, -0.25) is 0 Å². The highest BCUT2D eigenvalue weighted by molar-refractivity contribution is 7.43. The Morgan fingerprint density at radius 2 is 1.82 bits per heavy atom. The molecule has 0 unspecified atom stereocenters. The highest BCUT2D eigenvalue weighted by Gasteiger charge is 2.09. The van der Waals surface area contributed by atoms with Crippen molar-refractivity contribution in [3.63, 3.8) is 0 Å². The predicted octanol–water partition coefficient (Wildman–Crippen LogP) is 0.268. The van der Waals surface area contributed by atoms with Gasteiger partial charge in [0.15, 0.2) is 0 Å². The third-order valence-corrected chi connectivity index (χ3v) is 1.60. The Hall–Kier alpha value is 0.110. The summed E-state index contributed by atoms with van der Waals surface area (Å²) >= 11 is 0. The van der Waals surface area contributed by atoms with E-state index in [9.17, 15) is 14.4 Å². The molecule has 0 aromatic heterocycles. The third kappa shape index (κ3) is 10.1. The SMILES string of the molecule is CC(C)(C)CCOP(=O)([O-])[O-]. The normalized spacial score (nSPS) is 13.5. The standard InChI is InChI=1S/C6H15O4P/c1-6(2,3)4-5-10-11(7,8)9/h4-5H2,1-3H3,(H2,7,8,9)/p-2. The Labute approximate surface area is 66.8 Å². The van der Waals surface area contributed by atoms with Crippen molar-refractivity contribution in [3.05, 3.63) is 0 Å². The highest BCUT2D eigenvalue weighted by Crippen LogP contribution is 2.27. The number of rotatable bonds is 3. The zero-order valence-electron chi connectivity index (χ0n) is 6.99. The topological polar surface area (TPSA) is 72.4 Å². The molecule has 0 bridgehead atoms. The van der Waals surface area contributed by atoms with Gasteiger partial charge in [0, 0.05) is 0 Å². The smallest absolute Gasteiger partial charge is 0.0596 e. The summed E-state index contributed by atoms with van der Waals surface area (Å²) in [5.74, 6) is 0. The molecule has 0 saturated carbocycles. The quantitative estimate of drug-likeness (QED) is 0.584. The van der Waals surface area contributed by atoms with Crippen LogP contribution in [0.4, 0.5) is 0 Å². The van der Waals surface area contributed by atoms with Crippen LogP contribution in [0.15, 0.2) is 0 Å². The molecule has 11 heavy (non-hydrogen) atoms. The minimum Gasteiger partial charge on any atom is -0.790 e. The molecule has 68 valence electrons. The van der Waals surface area contributed by atoms with Crippen LogP contribution >= 0.6 is 7.82 Å². The van der Waals surface area contributed by atoms with E-state index in [0.717, 1.165) is 0 Å². The van der Waals surface area contributed by atoms with Crippen molar-refractivity contribution >= 4 is 7.82 Å². The predicted molar refractivity (Wildman–Crippen MR) is 37.6 cm³/mol. The maximum Gasteiger partial charge on any atom is 0.0596 e. The van der Waals surface area contributed by atoms with E-state index in [0.29, 0.717) is 6.42 Å². The Morgan fingerprint density at radius 3 is 2.09 bits per heavy atom. The van der Waals surface area contributed by atoms with Gasteiger partial charge in [-0.2, -0.15) is 0 Å². The van der Waals surface area contributed by atoms with E-state index in [1.807, 2.05) is 20.8 Å². The maximum atomic E-state index is 9.97. The van der Waals surface area contributed by atoms with Crippen LogP contribution in [0.25, 0.3) is 0 Å². The van der Waals surface area contributed by atoms with Crippen LogP contribution in [0.5, 0.6) is 0 Å². The van der Waals surface area contributed by atoms with Crippen molar-refractivity contribution in [1.82, 2.24) is 0 Å². The van der Waals surface area contributed by atoms with Crippen molar-refractivity contribution in [2.24, 2.45) is 5.41 Å². The lowest BCUT2D eigenvalue weighted by molar-refractivity contribution is -0.341. The average molecular weight is 180 g/mol. The summed E-state index contributed by atoms with van der Waals surface area (Å²) in [5, 5.41) is 0. The molecular formula is C6H13O4P-2. The lowest BCUT2D eigenvalue weighted by Crippen LogP contribution is -2.18. The van der Waals surface area contributed by atoms with E-state index in [2.05, 4.69) is 4.52 Å². The van der Waals surface area contributed by atoms with E-state index < -0.39 is 7.82 Å². The van der Waals surface area contributed by atoms with E-state index >= 15 is 0 Å². The second-order valence-electron chi connectivity index (χ2n) is 3.59. The van der Waals surface area contributed by atoms with Crippen LogP contribution in [-0.2, 0) is 9.09 Å². The van der Waals surface area contributed by atoms with E-state index in [-0.39, 0.29) is 12.0 Å². The zero-order chi connectivity index (χ0) is 9.12. The maximum absolute atomic E-state index is 9.97. The average Bonchev–Trinajstić information content (AvgIpc) is 1.55. The molecule has 0 N–H and O–H groups in total. The Balaban J connectivity index is 3.52. The van der Waals surface area contributed by atoms with E-state index in [1.165, 1.54) is 0 Å². The summed E-state index contributed by atoms with van der Waals surface area (Å²) in [6, 6.07) is 0. The minimum atomic E-state index is -4.75. The van der Waals surface area contributed by atoms with Crippen LogP contribution in [0.3, 0.4) is 0 Å². The number of phosphoric ester groups is 1. The summed E-state index contributed by atoms with van der Waals surface area (Å²) < 4.78 is 14.0. The molecule has 0 radical (unpaired) electrons. The van der Waals surface area contributed by atoms with Crippen molar-refractivity contribution in [3.8, 4) is 0 Å². The van der Waals surface area contributed by atoms with Gasteiger partial charge in [-0.15, -0.1) is 0 Å². The molecule has 0 heterocycles. The monoisotopic (exact) mass is 180 g/mol. The molecule has 0 fully saturated rings. The summed E-state index contributed by atoms with van der Waals surface area (Å²) in [4.78, 5) is 19.9. The van der Waals surface area contributed by atoms with Crippen LogP contribution in [0, 0.1) is 5.41 Å². The third-order valence-electron chi connectivity index (χ3n) is 1.10. The fourth-order valence-electron chi connectivity index (χ4n) is 0.464. The molecular weight excluding hydrogens is 167 g/mol. The van der Waals surface area contributed by atoms with Crippen LogP contribution < -0.4 is 9.79 Å². The highest BCUT2D eigenvalue weighted by atomic mass is 31.2. The molecule has 0 aliphatic rings. The molecule has 0 atom stereocenters. The van der Waals surface area contributed by atoms with Crippen LogP contribution in [0.2, 0.25) is 0 Å². The van der Waals surface area contributed by atoms with Crippen molar-refractivity contribution < 1.29 is 18.9 Å². The lowest BCUT2D eigenvalue weighted by Gasteiger charge is -2.30. The molecule has 0 aliphatic heterocycles. The molecule has 4 nitrogen and oxygen atoms in total. The van der Waals surface area contributed by atoms with Gasteiger partial charge in [0.1, 0.15) is 0 Å². The largest absolute Gasteiger partial charge is 0.790 e. The van der Waals surface area contributed by atoms with Crippen LogP contribution in [0.1, 0.15) is 27.2 Å². The van der Waals surface area contributed by atoms with Gasteiger partial charge >= 0.3 is 0 Å². The Bertz CT molecular complexity index is 154. The molecule has 0 spiro atoms. The van der Waals surface area contributed by atoms with Gasteiger partial charge in [-0.25, -0.2) is 0 Å². The van der Waals surface area contributed by atoms with Gasteiger partial charge in [0.2, 0.25) is 0 Å². The van der Waals surface area contributed by atoms with Gasteiger partial charge in [0.25, 0.3) is 0 Å². The van der Waals surface area contributed by atoms with Crippen molar-refractivity contribution in [2.45, 2.75) is 27.2 Å². The van der Waals surface area contributed by atoms with Gasteiger partial charge in [0.05, 0.1) is 14.4 Å². The summed E-state index contributed by atoms with van der Waals surface area (Å²) in [5.41, 5.74) is -0.00479. The van der Waals surface area contributed by atoms with Crippen molar-refractivity contribution in [2.75, 3.05) is 6.61 Å². The van der Waals surface area contributed by atoms with Gasteiger partial charge < -0.3 is 18.9 Å². The second kappa shape index (κ2) is 3.68. The minimum absolute atomic E-state index is 0.00479. The van der Waals surface area contributed by atoms with Crippen molar-refractivity contribution in [1.29, 1.82) is 0 Å². The van der Waals surface area contributed by atoms with E-state index in [1.54, 1.807) is 0 Å². The molecule has 0 amide bonds. The Kier molecular flexibility index (Phi) is 3.71. The Morgan fingerprint density at radius 1 is 1.36 bits per heavy atom. The molecule has 5 heteroatoms. The lowest BCUT2D eigenvalue weighted by atomic mass is 9.93. The van der Waals surface area contributed by atoms with Crippen LogP contribution in [-0.4, -0.2) is 6.61 Å². The van der Waals surface area contributed by atoms with E-state index in [4.69, 9.17) is 0 Å². The molecule has 0 rings (SSSR count). The molecule has 0 aromatic rings. The first-order valence-corrected chi connectivity index (χ1v) is 4.83. The fourth-order valence-corrected chi connectivity index (χ4v) is 0.779. The number of phosphoric acid groups is 1. The van der Waals surface area contributed by atoms with Gasteiger partial charge in [-0.05, 0) is 11.8 Å². The second-order valence-corrected chi connectivity index (χ2v) is 4.74. The molecule has 0 saturated heterocycles. The fraction of sp³-hybridized carbons (Fsp3) is 1.00. The summed E-state index contributed by atoms with van der Waals surface area (Å²) in [7, 11) is -4.75. The summed E-state index contributed by atoms with van der Waals surface area (Å²) in [6.07, 6.45) is 0.557. The first-order valence-electron chi connectivity index (χ1n) is 3.37. The van der Waals surface area contributed by atoms with Gasteiger partial charge in [-0.1, -0.05) is 20.8 Å².